The Bertz CT molecular complexity index is 449. The van der Waals surface area contributed by atoms with E-state index < -0.39 is 30.1 Å². The summed E-state index contributed by atoms with van der Waals surface area (Å²) in [6.45, 7) is 3.28. The first kappa shape index (κ1) is 18.3. The number of carbonyl (C=O) groups excluding carboxylic acids is 2. The van der Waals surface area contributed by atoms with E-state index in [-0.39, 0.29) is 25.1 Å². The van der Waals surface area contributed by atoms with Gasteiger partial charge < -0.3 is 15.0 Å². The van der Waals surface area contributed by atoms with Crippen LogP contribution in [0.2, 0.25) is 0 Å². The molecule has 8 heteroatoms. The molecule has 0 aromatic heterocycles. The number of urea groups is 1. The van der Waals surface area contributed by atoms with E-state index in [1.54, 1.807) is 13.0 Å². The molecule has 0 bridgehead atoms. The molecule has 2 atom stereocenters. The highest BCUT2D eigenvalue weighted by Gasteiger charge is 2.44. The molecule has 0 radical (unpaired) electrons. The lowest BCUT2D eigenvalue weighted by Gasteiger charge is -2.31. The molecular formula is C14H21F3N2O3. The number of hydrogen-bond donors (Lipinski definition) is 1. The van der Waals surface area contributed by atoms with Gasteiger partial charge in [0.2, 0.25) is 0 Å². The van der Waals surface area contributed by atoms with E-state index in [2.05, 4.69) is 4.74 Å². The van der Waals surface area contributed by atoms with Crippen molar-refractivity contribution in [2.45, 2.75) is 38.9 Å². The molecule has 0 saturated carbocycles. The fourth-order valence-corrected chi connectivity index (χ4v) is 2.20. The van der Waals surface area contributed by atoms with Gasteiger partial charge in [-0.3, -0.25) is 0 Å². The Hall–Kier alpha value is -1.73. The molecule has 2 amide bonds. The number of nitrogens with one attached hydrogen (secondary N) is 1. The highest BCUT2D eigenvalue weighted by atomic mass is 19.4. The molecule has 22 heavy (non-hydrogen) atoms. The summed E-state index contributed by atoms with van der Waals surface area (Å²) in [5.74, 6) is -1.31. The standard InChI is InChI=1S/C14H21F3N2O3/c1-4-9(2)11(14(15,16)17)18-13(21)19-7-5-6-10(8-19)12(20)22-3/h6,9,11H,4-5,7-8H2,1-3H3,(H,18,21)/t9-,11+/m0/s1. The van der Waals surface area contributed by atoms with Crippen molar-refractivity contribution in [3.05, 3.63) is 11.6 Å². The molecule has 0 saturated heterocycles. The minimum absolute atomic E-state index is 0.0520. The van der Waals surface area contributed by atoms with Crippen molar-refractivity contribution < 1.29 is 27.5 Å². The van der Waals surface area contributed by atoms with Crippen LogP contribution >= 0.6 is 0 Å². The predicted molar refractivity (Wildman–Crippen MR) is 74.1 cm³/mol. The van der Waals surface area contributed by atoms with E-state index in [9.17, 15) is 22.8 Å². The van der Waals surface area contributed by atoms with Gasteiger partial charge in [-0.15, -0.1) is 0 Å². The second kappa shape index (κ2) is 7.51. The molecule has 0 aromatic rings. The predicted octanol–water partition coefficient (Wildman–Crippen LogP) is 2.48. The Morgan fingerprint density at radius 3 is 2.59 bits per heavy atom. The monoisotopic (exact) mass is 322 g/mol. The topological polar surface area (TPSA) is 58.6 Å². The first-order chi connectivity index (χ1) is 10.2. The van der Waals surface area contributed by atoms with Gasteiger partial charge in [0.05, 0.1) is 19.2 Å². The van der Waals surface area contributed by atoms with Crippen LogP contribution in [0.5, 0.6) is 0 Å². The minimum atomic E-state index is -4.51. The first-order valence-electron chi connectivity index (χ1n) is 7.10. The zero-order valence-electron chi connectivity index (χ0n) is 12.9. The minimum Gasteiger partial charge on any atom is -0.466 e. The Kier molecular flexibility index (Phi) is 6.25. The van der Waals surface area contributed by atoms with E-state index >= 15 is 0 Å². The number of amides is 2. The number of esters is 1. The molecule has 126 valence electrons. The Balaban J connectivity index is 2.75. The Labute approximate surface area is 127 Å². The summed E-state index contributed by atoms with van der Waals surface area (Å²) >= 11 is 0. The van der Waals surface area contributed by atoms with E-state index in [1.165, 1.54) is 18.9 Å². The summed E-state index contributed by atoms with van der Waals surface area (Å²) in [5.41, 5.74) is 0.274. The van der Waals surface area contributed by atoms with Crippen molar-refractivity contribution in [2.75, 3.05) is 20.2 Å². The highest BCUT2D eigenvalue weighted by Crippen LogP contribution is 2.27. The van der Waals surface area contributed by atoms with Gasteiger partial charge in [-0.2, -0.15) is 13.2 Å². The van der Waals surface area contributed by atoms with Crippen molar-refractivity contribution in [3.63, 3.8) is 0 Å². The van der Waals surface area contributed by atoms with Gasteiger partial charge in [0.25, 0.3) is 0 Å². The summed E-state index contributed by atoms with van der Waals surface area (Å²) < 4.78 is 43.6. The van der Waals surface area contributed by atoms with Crippen molar-refractivity contribution in [2.24, 2.45) is 5.92 Å². The normalized spacial score (nSPS) is 18.3. The van der Waals surface area contributed by atoms with Crippen LogP contribution in [0.4, 0.5) is 18.0 Å². The van der Waals surface area contributed by atoms with Crippen LogP contribution in [-0.2, 0) is 9.53 Å². The van der Waals surface area contributed by atoms with Gasteiger partial charge in [-0.05, 0) is 12.3 Å². The van der Waals surface area contributed by atoms with Gasteiger partial charge in [0.1, 0.15) is 6.04 Å². The van der Waals surface area contributed by atoms with E-state index in [0.29, 0.717) is 6.42 Å². The first-order valence-corrected chi connectivity index (χ1v) is 7.10. The quantitative estimate of drug-likeness (QED) is 0.809. The molecule has 1 heterocycles. The van der Waals surface area contributed by atoms with Crippen molar-refractivity contribution in [1.82, 2.24) is 10.2 Å². The Morgan fingerprint density at radius 2 is 2.09 bits per heavy atom. The number of hydrogen-bond acceptors (Lipinski definition) is 3. The average Bonchev–Trinajstić information content (AvgIpc) is 2.49. The van der Waals surface area contributed by atoms with Crippen LogP contribution in [0.25, 0.3) is 0 Å². The van der Waals surface area contributed by atoms with Crippen molar-refractivity contribution >= 4 is 12.0 Å². The summed E-state index contributed by atoms with van der Waals surface area (Å²) in [5, 5.41) is 2.04. The largest absolute Gasteiger partial charge is 0.466 e. The summed E-state index contributed by atoms with van der Waals surface area (Å²) in [6, 6.07) is -2.73. The second-order valence-electron chi connectivity index (χ2n) is 5.29. The zero-order valence-corrected chi connectivity index (χ0v) is 12.9. The fourth-order valence-electron chi connectivity index (χ4n) is 2.20. The van der Waals surface area contributed by atoms with Gasteiger partial charge in [-0.25, -0.2) is 9.59 Å². The van der Waals surface area contributed by atoms with Crippen LogP contribution in [0.15, 0.2) is 11.6 Å². The molecule has 0 aromatic carbocycles. The molecule has 0 spiro atoms. The van der Waals surface area contributed by atoms with E-state index in [4.69, 9.17) is 0 Å². The molecule has 5 nitrogen and oxygen atoms in total. The smallest absolute Gasteiger partial charge is 0.408 e. The van der Waals surface area contributed by atoms with Gasteiger partial charge >= 0.3 is 18.2 Å². The molecule has 1 aliphatic rings. The summed E-state index contributed by atoms with van der Waals surface area (Å²) in [7, 11) is 1.21. The number of methoxy groups -OCH3 is 1. The Morgan fingerprint density at radius 1 is 1.45 bits per heavy atom. The second-order valence-corrected chi connectivity index (χ2v) is 5.29. The SMILES string of the molecule is CC[C@H](C)[C@@H](NC(=O)N1CCC=C(C(=O)OC)C1)C(F)(F)F. The maximum atomic E-state index is 13.0. The van der Waals surface area contributed by atoms with Crippen LogP contribution in [0.1, 0.15) is 26.7 Å². The van der Waals surface area contributed by atoms with Crippen LogP contribution in [0, 0.1) is 5.92 Å². The molecular weight excluding hydrogens is 301 g/mol. The third-order valence-electron chi connectivity index (χ3n) is 3.73. The van der Waals surface area contributed by atoms with Crippen LogP contribution in [0.3, 0.4) is 0 Å². The molecule has 0 unspecified atom stereocenters. The number of carbonyl (C=O) groups is 2. The fraction of sp³-hybridized carbons (Fsp3) is 0.714. The maximum Gasteiger partial charge on any atom is 0.408 e. The van der Waals surface area contributed by atoms with Gasteiger partial charge in [-0.1, -0.05) is 26.3 Å². The van der Waals surface area contributed by atoms with Crippen molar-refractivity contribution in [1.29, 1.82) is 0 Å². The van der Waals surface area contributed by atoms with Gasteiger partial charge in [0.15, 0.2) is 0 Å². The van der Waals surface area contributed by atoms with E-state index in [1.807, 2.05) is 5.32 Å². The lowest BCUT2D eigenvalue weighted by molar-refractivity contribution is -0.164. The number of rotatable bonds is 4. The van der Waals surface area contributed by atoms with Gasteiger partial charge in [0, 0.05) is 6.54 Å². The molecule has 1 N–H and O–H groups in total. The average molecular weight is 322 g/mol. The summed E-state index contributed by atoms with van der Waals surface area (Å²) in [6.07, 6.45) is -2.19. The highest BCUT2D eigenvalue weighted by molar-refractivity contribution is 5.90. The number of ether oxygens (including phenoxy) is 1. The number of alkyl halides is 3. The third-order valence-corrected chi connectivity index (χ3v) is 3.73. The molecule has 0 aliphatic carbocycles. The number of nitrogens with zero attached hydrogens (tertiary/aromatic N) is 1. The van der Waals surface area contributed by atoms with Crippen molar-refractivity contribution in [3.8, 4) is 0 Å². The zero-order chi connectivity index (χ0) is 16.9. The molecule has 1 aliphatic heterocycles. The van der Waals surface area contributed by atoms with Crippen LogP contribution < -0.4 is 5.32 Å². The lowest BCUT2D eigenvalue weighted by Crippen LogP contribution is -2.54. The maximum absolute atomic E-state index is 13.0. The molecule has 1 rings (SSSR count). The molecule has 0 fully saturated rings. The van der Waals surface area contributed by atoms with E-state index in [0.717, 1.165) is 0 Å². The number of halogens is 3. The lowest BCUT2D eigenvalue weighted by atomic mass is 9.99. The summed E-state index contributed by atoms with van der Waals surface area (Å²) in [4.78, 5) is 24.7. The third kappa shape index (κ3) is 4.64. The van der Waals surface area contributed by atoms with Crippen LogP contribution in [-0.4, -0.2) is 49.3 Å².